The molecular weight excluding hydrogens is 178 g/mol. The molecule has 2 N–H and O–H groups in total. The molecule has 0 saturated carbocycles. The van der Waals surface area contributed by atoms with E-state index in [-0.39, 0.29) is 11.3 Å². The van der Waals surface area contributed by atoms with E-state index < -0.39 is 0 Å². The third-order valence-corrected chi connectivity index (χ3v) is 1.30. The van der Waals surface area contributed by atoms with E-state index >= 15 is 0 Å². The van der Waals surface area contributed by atoms with Gasteiger partial charge < -0.3 is 10.5 Å². The summed E-state index contributed by atoms with van der Waals surface area (Å²) >= 11 is 5.47. The van der Waals surface area contributed by atoms with Gasteiger partial charge in [0.25, 0.3) is 0 Å². The minimum Gasteiger partial charge on any atom is -0.489 e. The predicted octanol–water partition coefficient (Wildman–Crippen LogP) is 0.856. The standard InChI is InChI=1S/C7H10ClN3O/c1-5(9)4-12-6-2-10-7(8)11-3-6/h2-3,5H,4,9H2,1H3. The summed E-state index contributed by atoms with van der Waals surface area (Å²) in [6.07, 6.45) is 3.02. The van der Waals surface area contributed by atoms with Gasteiger partial charge in [-0.1, -0.05) is 0 Å². The molecule has 4 nitrogen and oxygen atoms in total. The van der Waals surface area contributed by atoms with Gasteiger partial charge in [-0.05, 0) is 18.5 Å². The maximum atomic E-state index is 5.48. The highest BCUT2D eigenvalue weighted by atomic mass is 35.5. The summed E-state index contributed by atoms with van der Waals surface area (Å²) in [5.41, 5.74) is 5.48. The molecule has 0 aromatic carbocycles. The van der Waals surface area contributed by atoms with E-state index in [9.17, 15) is 0 Å². The molecule has 0 radical (unpaired) electrons. The molecule has 1 unspecified atom stereocenters. The Hall–Kier alpha value is -0.870. The molecule has 1 atom stereocenters. The van der Waals surface area contributed by atoms with Crippen LogP contribution in [-0.4, -0.2) is 22.6 Å². The lowest BCUT2D eigenvalue weighted by atomic mass is 10.4. The number of hydrogen-bond donors (Lipinski definition) is 1. The fourth-order valence-corrected chi connectivity index (χ4v) is 0.700. The topological polar surface area (TPSA) is 61.0 Å². The van der Waals surface area contributed by atoms with E-state index in [1.54, 1.807) is 0 Å². The number of halogens is 1. The van der Waals surface area contributed by atoms with Gasteiger partial charge in [0.2, 0.25) is 5.28 Å². The lowest BCUT2D eigenvalue weighted by molar-refractivity contribution is 0.294. The highest BCUT2D eigenvalue weighted by Gasteiger charge is 1.97. The maximum absolute atomic E-state index is 5.48. The van der Waals surface area contributed by atoms with Gasteiger partial charge in [0.15, 0.2) is 5.75 Å². The van der Waals surface area contributed by atoms with Gasteiger partial charge in [0.1, 0.15) is 6.61 Å². The molecule has 0 spiro atoms. The van der Waals surface area contributed by atoms with E-state index in [1.807, 2.05) is 6.92 Å². The Morgan fingerprint density at radius 3 is 2.67 bits per heavy atom. The van der Waals surface area contributed by atoms with Crippen molar-refractivity contribution in [3.8, 4) is 5.75 Å². The van der Waals surface area contributed by atoms with Gasteiger partial charge >= 0.3 is 0 Å². The SMILES string of the molecule is CC(N)COc1cnc(Cl)nc1. The largest absolute Gasteiger partial charge is 0.489 e. The number of nitrogens with zero attached hydrogens (tertiary/aromatic N) is 2. The van der Waals surface area contributed by atoms with E-state index in [2.05, 4.69) is 9.97 Å². The number of aromatic nitrogens is 2. The van der Waals surface area contributed by atoms with Crippen molar-refractivity contribution in [2.75, 3.05) is 6.61 Å². The van der Waals surface area contributed by atoms with Crippen LogP contribution in [0.15, 0.2) is 12.4 Å². The number of nitrogens with two attached hydrogens (primary N) is 1. The first kappa shape index (κ1) is 9.22. The Balaban J connectivity index is 2.48. The minimum atomic E-state index is 0.000628. The van der Waals surface area contributed by atoms with E-state index in [4.69, 9.17) is 22.1 Å². The van der Waals surface area contributed by atoms with Crippen molar-refractivity contribution in [1.82, 2.24) is 9.97 Å². The minimum absolute atomic E-state index is 0.000628. The zero-order chi connectivity index (χ0) is 8.97. The van der Waals surface area contributed by atoms with Crippen LogP contribution < -0.4 is 10.5 Å². The van der Waals surface area contributed by atoms with Gasteiger partial charge in [0.05, 0.1) is 12.4 Å². The van der Waals surface area contributed by atoms with Crippen LogP contribution in [0.1, 0.15) is 6.92 Å². The Morgan fingerprint density at radius 1 is 1.58 bits per heavy atom. The molecular formula is C7H10ClN3O. The third kappa shape index (κ3) is 3.02. The van der Waals surface area contributed by atoms with Gasteiger partial charge in [-0.2, -0.15) is 0 Å². The molecule has 12 heavy (non-hydrogen) atoms. The average Bonchev–Trinajstić information content (AvgIpc) is 2.03. The van der Waals surface area contributed by atoms with Crippen molar-refractivity contribution < 1.29 is 4.74 Å². The van der Waals surface area contributed by atoms with E-state index in [1.165, 1.54) is 12.4 Å². The second-order valence-electron chi connectivity index (χ2n) is 2.48. The molecule has 1 rings (SSSR count). The zero-order valence-electron chi connectivity index (χ0n) is 6.70. The molecule has 0 aliphatic carbocycles. The van der Waals surface area contributed by atoms with E-state index in [0.29, 0.717) is 12.4 Å². The van der Waals surface area contributed by atoms with Crippen molar-refractivity contribution in [2.24, 2.45) is 5.73 Å². The van der Waals surface area contributed by atoms with Crippen LogP contribution in [0.2, 0.25) is 5.28 Å². The zero-order valence-corrected chi connectivity index (χ0v) is 7.45. The molecule has 0 fully saturated rings. The van der Waals surface area contributed by atoms with Crippen molar-refractivity contribution >= 4 is 11.6 Å². The van der Waals surface area contributed by atoms with Crippen molar-refractivity contribution in [2.45, 2.75) is 13.0 Å². The molecule has 0 bridgehead atoms. The Morgan fingerprint density at radius 2 is 2.17 bits per heavy atom. The first-order chi connectivity index (χ1) is 5.68. The molecule has 0 amide bonds. The molecule has 5 heteroatoms. The van der Waals surface area contributed by atoms with Crippen LogP contribution in [0.3, 0.4) is 0 Å². The van der Waals surface area contributed by atoms with Gasteiger partial charge in [-0.15, -0.1) is 0 Å². The lowest BCUT2D eigenvalue weighted by Gasteiger charge is -2.06. The summed E-state index contributed by atoms with van der Waals surface area (Å²) in [4.78, 5) is 7.49. The van der Waals surface area contributed by atoms with Gasteiger partial charge in [-0.25, -0.2) is 9.97 Å². The fourth-order valence-electron chi connectivity index (χ4n) is 0.603. The molecule has 1 aromatic heterocycles. The van der Waals surface area contributed by atoms with Gasteiger partial charge in [0, 0.05) is 6.04 Å². The molecule has 1 heterocycles. The molecule has 66 valence electrons. The summed E-state index contributed by atoms with van der Waals surface area (Å²) < 4.78 is 5.21. The highest BCUT2D eigenvalue weighted by molar-refractivity contribution is 6.28. The number of ether oxygens (including phenoxy) is 1. The van der Waals surface area contributed by atoms with Crippen molar-refractivity contribution in [3.63, 3.8) is 0 Å². The monoisotopic (exact) mass is 187 g/mol. The number of hydrogen-bond acceptors (Lipinski definition) is 4. The first-order valence-electron chi connectivity index (χ1n) is 3.54. The van der Waals surface area contributed by atoms with Crippen LogP contribution in [0.25, 0.3) is 0 Å². The summed E-state index contributed by atoms with van der Waals surface area (Å²) in [7, 11) is 0. The van der Waals surface area contributed by atoms with Crippen molar-refractivity contribution in [3.05, 3.63) is 17.7 Å². The van der Waals surface area contributed by atoms with Crippen LogP contribution in [0, 0.1) is 0 Å². The third-order valence-electron chi connectivity index (χ3n) is 1.11. The quantitative estimate of drug-likeness (QED) is 0.713. The normalized spacial score (nSPS) is 12.6. The highest BCUT2D eigenvalue weighted by Crippen LogP contribution is 2.08. The van der Waals surface area contributed by atoms with Crippen molar-refractivity contribution in [1.29, 1.82) is 0 Å². The Kier molecular flexibility index (Phi) is 3.25. The Labute approximate surface area is 75.7 Å². The first-order valence-corrected chi connectivity index (χ1v) is 3.92. The molecule has 0 aliphatic heterocycles. The predicted molar refractivity (Wildman–Crippen MR) is 46.2 cm³/mol. The molecule has 1 aromatic rings. The fraction of sp³-hybridized carbons (Fsp3) is 0.429. The maximum Gasteiger partial charge on any atom is 0.222 e. The average molecular weight is 188 g/mol. The second kappa shape index (κ2) is 4.23. The summed E-state index contributed by atoms with van der Waals surface area (Å²) in [5.74, 6) is 0.580. The van der Waals surface area contributed by atoms with Crippen LogP contribution in [-0.2, 0) is 0 Å². The number of rotatable bonds is 3. The Bertz CT molecular complexity index is 237. The van der Waals surface area contributed by atoms with E-state index in [0.717, 1.165) is 0 Å². The van der Waals surface area contributed by atoms with Crippen LogP contribution >= 0.6 is 11.6 Å². The molecule has 0 saturated heterocycles. The second-order valence-corrected chi connectivity index (χ2v) is 2.81. The van der Waals surface area contributed by atoms with Crippen LogP contribution in [0.4, 0.5) is 0 Å². The lowest BCUT2D eigenvalue weighted by Crippen LogP contribution is -2.23. The van der Waals surface area contributed by atoms with Gasteiger partial charge in [-0.3, -0.25) is 0 Å². The molecule has 0 aliphatic rings. The summed E-state index contributed by atoms with van der Waals surface area (Å²) in [6, 6.07) is 0.000628. The smallest absolute Gasteiger partial charge is 0.222 e. The summed E-state index contributed by atoms with van der Waals surface area (Å²) in [6.45, 7) is 2.31. The van der Waals surface area contributed by atoms with Crippen LogP contribution in [0.5, 0.6) is 5.75 Å². The summed E-state index contributed by atoms with van der Waals surface area (Å²) in [5, 5.41) is 0.211.